The van der Waals surface area contributed by atoms with Crippen LogP contribution in [0, 0.1) is 0 Å². The maximum atomic E-state index is 12.5. The molecule has 1 aromatic carbocycles. The first-order chi connectivity index (χ1) is 9.40. The normalized spacial score (nSPS) is 25.5. The van der Waals surface area contributed by atoms with Gasteiger partial charge in [0.15, 0.2) is 11.6 Å². The van der Waals surface area contributed by atoms with Gasteiger partial charge in [0.1, 0.15) is 11.5 Å². The smallest absolute Gasteiger partial charge is 0.196 e. The molecule has 2 atom stereocenters. The van der Waals surface area contributed by atoms with Crippen molar-refractivity contribution in [3.63, 3.8) is 0 Å². The van der Waals surface area contributed by atoms with E-state index in [1.165, 1.54) is 6.07 Å². The third kappa shape index (κ3) is 1.67. The molecule has 1 aliphatic heterocycles. The monoisotopic (exact) mass is 274 g/mol. The number of carbonyl (C=O) groups is 2. The highest BCUT2D eigenvalue weighted by atomic mass is 16.5. The van der Waals surface area contributed by atoms with Crippen molar-refractivity contribution in [2.75, 3.05) is 0 Å². The summed E-state index contributed by atoms with van der Waals surface area (Å²) < 4.78 is 5.59. The van der Waals surface area contributed by atoms with Gasteiger partial charge in [-0.05, 0) is 19.9 Å². The molecule has 0 unspecified atom stereocenters. The zero-order valence-corrected chi connectivity index (χ0v) is 11.1. The van der Waals surface area contributed by atoms with Crippen LogP contribution in [0.25, 0.3) is 0 Å². The summed E-state index contributed by atoms with van der Waals surface area (Å²) in [5.74, 6) is -1.33. The van der Waals surface area contributed by atoms with Crippen molar-refractivity contribution in [1.82, 2.24) is 0 Å². The van der Waals surface area contributed by atoms with Crippen LogP contribution in [0.3, 0.4) is 0 Å². The molecule has 0 amide bonds. The highest BCUT2D eigenvalue weighted by Crippen LogP contribution is 2.40. The van der Waals surface area contributed by atoms with Crippen LogP contribution in [0.5, 0.6) is 11.5 Å². The lowest BCUT2D eigenvalue weighted by molar-refractivity contribution is 0.0148. The van der Waals surface area contributed by atoms with E-state index in [1.807, 2.05) is 6.92 Å². The number of carbonyl (C=O) groups excluding carboxylic acids is 2. The maximum absolute atomic E-state index is 12.5. The first-order valence-corrected chi connectivity index (χ1v) is 6.44. The quantitative estimate of drug-likeness (QED) is 0.755. The molecular formula is C15H14O5. The molecule has 0 saturated heterocycles. The molecule has 5 nitrogen and oxygen atoms in total. The van der Waals surface area contributed by atoms with Crippen molar-refractivity contribution in [1.29, 1.82) is 0 Å². The number of phenols is 2. The van der Waals surface area contributed by atoms with Crippen molar-refractivity contribution < 1.29 is 24.5 Å². The Bertz CT molecular complexity index is 671. The molecule has 5 heteroatoms. The summed E-state index contributed by atoms with van der Waals surface area (Å²) in [5.41, 5.74) is 0.768. The number of aromatic hydroxyl groups is 2. The summed E-state index contributed by atoms with van der Waals surface area (Å²) >= 11 is 0. The van der Waals surface area contributed by atoms with Crippen molar-refractivity contribution in [3.8, 4) is 11.5 Å². The Morgan fingerprint density at radius 1 is 1.15 bits per heavy atom. The fourth-order valence-corrected chi connectivity index (χ4v) is 2.97. The average Bonchev–Trinajstić information content (AvgIpc) is 2.34. The second-order valence-electron chi connectivity index (χ2n) is 5.23. The van der Waals surface area contributed by atoms with Gasteiger partial charge >= 0.3 is 0 Å². The number of fused-ring (bicyclic) bond motifs is 1. The van der Waals surface area contributed by atoms with Crippen molar-refractivity contribution in [2.45, 2.75) is 32.5 Å². The lowest BCUT2D eigenvalue weighted by Crippen LogP contribution is -2.36. The van der Waals surface area contributed by atoms with Crippen LogP contribution in [-0.4, -0.2) is 34.0 Å². The number of benzene rings is 1. The van der Waals surface area contributed by atoms with Gasteiger partial charge in [0, 0.05) is 29.2 Å². The first kappa shape index (κ1) is 12.9. The number of Topliss-reactive ketones (excluding diaryl/α,β-unsaturated/α-hetero) is 2. The number of hydrogen-bond acceptors (Lipinski definition) is 5. The third-order valence-corrected chi connectivity index (χ3v) is 3.75. The molecule has 2 aliphatic rings. The van der Waals surface area contributed by atoms with Crippen molar-refractivity contribution in [2.24, 2.45) is 0 Å². The van der Waals surface area contributed by atoms with Gasteiger partial charge in [-0.2, -0.15) is 0 Å². The zero-order valence-electron chi connectivity index (χ0n) is 11.1. The van der Waals surface area contributed by atoms with Gasteiger partial charge in [0.2, 0.25) is 0 Å². The van der Waals surface area contributed by atoms with Gasteiger partial charge in [0.05, 0.1) is 17.8 Å². The minimum absolute atomic E-state index is 0.0449. The van der Waals surface area contributed by atoms with Gasteiger partial charge in [-0.25, -0.2) is 0 Å². The van der Waals surface area contributed by atoms with E-state index in [1.54, 1.807) is 6.92 Å². The minimum atomic E-state index is -0.480. The second-order valence-corrected chi connectivity index (χ2v) is 5.23. The molecule has 0 bridgehead atoms. The number of ether oxygens (including phenoxy) is 1. The second kappa shape index (κ2) is 4.18. The van der Waals surface area contributed by atoms with Gasteiger partial charge in [0.25, 0.3) is 0 Å². The van der Waals surface area contributed by atoms with Gasteiger partial charge < -0.3 is 14.9 Å². The predicted molar refractivity (Wildman–Crippen MR) is 70.1 cm³/mol. The first-order valence-electron chi connectivity index (χ1n) is 6.44. The van der Waals surface area contributed by atoms with E-state index in [-0.39, 0.29) is 34.5 Å². The van der Waals surface area contributed by atoms with Crippen LogP contribution in [0.4, 0.5) is 0 Å². The molecule has 20 heavy (non-hydrogen) atoms. The number of rotatable bonds is 0. The number of hydrogen-bond donors (Lipinski definition) is 2. The Morgan fingerprint density at radius 3 is 2.55 bits per heavy atom. The topological polar surface area (TPSA) is 83.8 Å². The van der Waals surface area contributed by atoms with Gasteiger partial charge in [-0.15, -0.1) is 0 Å². The molecule has 0 fully saturated rings. The van der Waals surface area contributed by atoms with E-state index >= 15 is 0 Å². The highest BCUT2D eigenvalue weighted by molar-refractivity contribution is 6.28. The molecule has 1 aliphatic carbocycles. The molecule has 0 spiro atoms. The largest absolute Gasteiger partial charge is 0.508 e. The van der Waals surface area contributed by atoms with Crippen LogP contribution in [0.2, 0.25) is 0 Å². The Balaban J connectivity index is 2.25. The fraction of sp³-hybridized carbons (Fsp3) is 0.333. The van der Waals surface area contributed by atoms with E-state index in [0.29, 0.717) is 17.6 Å². The van der Waals surface area contributed by atoms with E-state index in [2.05, 4.69) is 0 Å². The molecule has 0 saturated carbocycles. The van der Waals surface area contributed by atoms with Crippen molar-refractivity contribution in [3.05, 3.63) is 34.4 Å². The summed E-state index contributed by atoms with van der Waals surface area (Å²) in [5, 5.41) is 19.4. The van der Waals surface area contributed by atoms with Crippen molar-refractivity contribution >= 4 is 11.6 Å². The molecule has 1 aromatic rings. The standard InChI is InChI=1S/C15H14O5/c1-6-3-9-12(7(2)20-6)15(19)13-10(14(9)18)4-8(16)5-11(13)17/h4-7,16-17H,3H2,1-2H3/t6-,7+/m0/s1. The molecular weight excluding hydrogens is 260 g/mol. The van der Waals surface area contributed by atoms with E-state index in [9.17, 15) is 19.8 Å². The predicted octanol–water partition coefficient (Wildman–Crippen LogP) is 1.97. The number of ketones is 2. The summed E-state index contributed by atoms with van der Waals surface area (Å²) in [6.07, 6.45) is -0.264. The molecule has 2 N–H and O–H groups in total. The number of phenolic OH excluding ortho intramolecular Hbond substituents is 2. The van der Waals surface area contributed by atoms with Gasteiger partial charge in [-0.3, -0.25) is 9.59 Å². The molecule has 104 valence electrons. The van der Waals surface area contributed by atoms with Gasteiger partial charge in [-0.1, -0.05) is 0 Å². The lowest BCUT2D eigenvalue weighted by atomic mass is 9.78. The summed E-state index contributed by atoms with van der Waals surface area (Å²) in [6, 6.07) is 2.29. The summed E-state index contributed by atoms with van der Waals surface area (Å²) in [4.78, 5) is 25.0. The summed E-state index contributed by atoms with van der Waals surface area (Å²) in [6.45, 7) is 3.56. The van der Waals surface area contributed by atoms with E-state index < -0.39 is 11.9 Å². The lowest BCUT2D eigenvalue weighted by Gasteiger charge is -2.32. The third-order valence-electron chi connectivity index (χ3n) is 3.75. The Kier molecular flexibility index (Phi) is 2.69. The Morgan fingerprint density at radius 2 is 1.85 bits per heavy atom. The summed E-state index contributed by atoms with van der Waals surface area (Å²) in [7, 11) is 0. The Labute approximate surface area is 115 Å². The molecule has 0 aromatic heterocycles. The minimum Gasteiger partial charge on any atom is -0.508 e. The molecule has 1 heterocycles. The van der Waals surface area contributed by atoms with Crippen LogP contribution in [-0.2, 0) is 4.74 Å². The fourth-order valence-electron chi connectivity index (χ4n) is 2.97. The maximum Gasteiger partial charge on any atom is 0.196 e. The molecule has 0 radical (unpaired) electrons. The molecule has 3 rings (SSSR count). The van der Waals surface area contributed by atoms with Crippen LogP contribution in [0.15, 0.2) is 23.3 Å². The van der Waals surface area contributed by atoms with Crippen LogP contribution < -0.4 is 0 Å². The van der Waals surface area contributed by atoms with Crippen LogP contribution >= 0.6 is 0 Å². The Hall–Kier alpha value is -2.14. The highest BCUT2D eigenvalue weighted by Gasteiger charge is 2.40. The average molecular weight is 274 g/mol. The van der Waals surface area contributed by atoms with E-state index in [0.717, 1.165) is 6.07 Å². The SMILES string of the molecule is C[C@H]1CC2=C(C(=O)c3c(O)cc(O)cc3C2=O)[C@@H](C)O1. The van der Waals surface area contributed by atoms with Crippen LogP contribution in [0.1, 0.15) is 41.0 Å². The van der Waals surface area contributed by atoms with E-state index in [4.69, 9.17) is 4.74 Å². The zero-order chi connectivity index (χ0) is 14.6.